The molecule has 138 valence electrons. The maximum atomic E-state index is 12.8. The number of hydrogen-bond acceptors (Lipinski definition) is 5. The van der Waals surface area contributed by atoms with Gasteiger partial charge >= 0.3 is 5.97 Å². The van der Waals surface area contributed by atoms with Crippen LogP contribution in [0.3, 0.4) is 0 Å². The lowest BCUT2D eigenvalue weighted by Gasteiger charge is -2.26. The van der Waals surface area contributed by atoms with Crippen molar-refractivity contribution in [2.75, 3.05) is 20.1 Å². The predicted octanol–water partition coefficient (Wildman–Crippen LogP) is 1.39. The number of aromatic carboxylic acids is 1. The Morgan fingerprint density at radius 1 is 1.32 bits per heavy atom. The fraction of sp³-hybridized carbons (Fsp3) is 0.625. The average molecular weight is 370 g/mol. The van der Waals surface area contributed by atoms with Gasteiger partial charge in [-0.3, -0.25) is 4.79 Å². The summed E-state index contributed by atoms with van der Waals surface area (Å²) >= 11 is 0. The molecule has 1 aromatic heterocycles. The third kappa shape index (κ3) is 3.72. The van der Waals surface area contributed by atoms with Crippen LogP contribution in [0.4, 0.5) is 0 Å². The Kier molecular flexibility index (Phi) is 4.88. The molecule has 1 saturated heterocycles. The number of carbonyl (C=O) groups excluding carboxylic acids is 1. The van der Waals surface area contributed by atoms with Crippen molar-refractivity contribution in [1.29, 1.82) is 0 Å². The van der Waals surface area contributed by atoms with Gasteiger partial charge in [0.05, 0.1) is 0 Å². The molecular weight excluding hydrogens is 348 g/mol. The molecule has 25 heavy (non-hydrogen) atoms. The molecule has 9 heteroatoms. The molecule has 1 aliphatic heterocycles. The van der Waals surface area contributed by atoms with Crippen LogP contribution < -0.4 is 0 Å². The van der Waals surface area contributed by atoms with Crippen LogP contribution in [-0.4, -0.2) is 60.8 Å². The first-order valence-corrected chi connectivity index (χ1v) is 9.84. The molecule has 1 aromatic rings. The first-order valence-electron chi connectivity index (χ1n) is 8.40. The highest BCUT2D eigenvalue weighted by Gasteiger charge is 2.42. The minimum absolute atomic E-state index is 0.216. The lowest BCUT2D eigenvalue weighted by Crippen LogP contribution is -2.46. The van der Waals surface area contributed by atoms with Gasteiger partial charge in [-0.25, -0.2) is 13.2 Å². The molecule has 1 atom stereocenters. The minimum Gasteiger partial charge on any atom is -0.475 e. The molecule has 0 spiro atoms. The number of carboxylic acid groups (broad SMARTS) is 1. The summed E-state index contributed by atoms with van der Waals surface area (Å²) < 4.78 is 31.6. The summed E-state index contributed by atoms with van der Waals surface area (Å²) in [5, 5.41) is 8.45. The molecule has 1 unspecified atom stereocenters. The fourth-order valence-electron chi connectivity index (χ4n) is 3.11. The van der Waals surface area contributed by atoms with Crippen LogP contribution in [0.1, 0.15) is 42.7 Å². The Bertz CT molecular complexity index is 767. The van der Waals surface area contributed by atoms with Gasteiger partial charge in [-0.2, -0.15) is 4.31 Å². The van der Waals surface area contributed by atoms with Crippen LogP contribution in [-0.2, 0) is 14.8 Å². The summed E-state index contributed by atoms with van der Waals surface area (Å²) in [6.45, 7) is 0.843. The number of furan rings is 1. The van der Waals surface area contributed by atoms with Crippen molar-refractivity contribution < 1.29 is 27.5 Å². The summed E-state index contributed by atoms with van der Waals surface area (Å²) in [5.74, 6) is -1.31. The minimum atomic E-state index is -4.04. The van der Waals surface area contributed by atoms with E-state index in [1.165, 1.54) is 12.8 Å². The van der Waals surface area contributed by atoms with Gasteiger partial charge < -0.3 is 14.4 Å². The third-order valence-electron chi connectivity index (χ3n) is 4.79. The van der Waals surface area contributed by atoms with E-state index >= 15 is 0 Å². The van der Waals surface area contributed by atoms with Crippen LogP contribution in [0.2, 0.25) is 0 Å². The molecule has 0 bridgehead atoms. The molecule has 3 rings (SSSR count). The maximum absolute atomic E-state index is 12.8. The molecule has 1 amide bonds. The Hall–Kier alpha value is -1.87. The van der Waals surface area contributed by atoms with Crippen LogP contribution in [0.25, 0.3) is 0 Å². The van der Waals surface area contributed by atoms with Crippen molar-refractivity contribution in [3.63, 3.8) is 0 Å². The summed E-state index contributed by atoms with van der Waals surface area (Å²) in [7, 11) is -2.34. The SMILES string of the molecule is CN(CCC1CC1)C(=O)C1CCCN1S(=O)(=O)c1ccc(C(=O)O)o1. The zero-order valence-electron chi connectivity index (χ0n) is 14.1. The predicted molar refractivity (Wildman–Crippen MR) is 87.6 cm³/mol. The highest BCUT2D eigenvalue weighted by Crippen LogP contribution is 2.33. The van der Waals surface area contributed by atoms with Gasteiger partial charge in [0, 0.05) is 20.1 Å². The van der Waals surface area contributed by atoms with Crippen LogP contribution in [0.15, 0.2) is 21.6 Å². The monoisotopic (exact) mass is 370 g/mol. The van der Waals surface area contributed by atoms with Gasteiger partial charge in [-0.1, -0.05) is 12.8 Å². The quantitative estimate of drug-likeness (QED) is 0.777. The second kappa shape index (κ2) is 6.80. The number of hydrogen-bond donors (Lipinski definition) is 1. The average Bonchev–Trinajstić information content (AvgIpc) is 3.05. The number of sulfonamides is 1. The van der Waals surface area contributed by atoms with Gasteiger partial charge in [-0.05, 0) is 37.3 Å². The number of carbonyl (C=O) groups is 2. The van der Waals surface area contributed by atoms with Gasteiger partial charge in [0.2, 0.25) is 16.8 Å². The van der Waals surface area contributed by atoms with Crippen molar-refractivity contribution in [3.05, 3.63) is 17.9 Å². The molecule has 0 radical (unpaired) electrons. The van der Waals surface area contributed by atoms with Gasteiger partial charge in [0.25, 0.3) is 10.0 Å². The van der Waals surface area contributed by atoms with Crippen molar-refractivity contribution in [1.82, 2.24) is 9.21 Å². The highest BCUT2D eigenvalue weighted by atomic mass is 32.2. The van der Waals surface area contributed by atoms with Gasteiger partial charge in [-0.15, -0.1) is 0 Å². The van der Waals surface area contributed by atoms with Crippen LogP contribution in [0.5, 0.6) is 0 Å². The lowest BCUT2D eigenvalue weighted by atomic mass is 10.2. The number of likely N-dealkylation sites (N-methyl/N-ethyl adjacent to an activating group) is 1. The van der Waals surface area contributed by atoms with Crippen molar-refractivity contribution >= 4 is 21.9 Å². The first kappa shape index (κ1) is 17.9. The summed E-state index contributed by atoms with van der Waals surface area (Å²) in [5.41, 5.74) is 0. The van der Waals surface area contributed by atoms with E-state index in [1.807, 2.05) is 0 Å². The zero-order chi connectivity index (χ0) is 18.2. The molecule has 2 heterocycles. The molecular formula is C16H22N2O6S. The molecule has 8 nitrogen and oxygen atoms in total. The Morgan fingerprint density at radius 2 is 2.04 bits per heavy atom. The summed E-state index contributed by atoms with van der Waals surface area (Å²) in [4.78, 5) is 25.2. The Morgan fingerprint density at radius 3 is 2.64 bits per heavy atom. The zero-order valence-corrected chi connectivity index (χ0v) is 14.9. The van der Waals surface area contributed by atoms with Gasteiger partial charge in [0.15, 0.2) is 0 Å². The standard InChI is InChI=1S/C16H22N2O6S/c1-17(10-8-11-4-5-11)15(19)12-3-2-9-18(12)25(22,23)14-7-6-13(24-14)16(20)21/h6-7,11-12H,2-5,8-10H2,1H3,(H,20,21). The van der Waals surface area contributed by atoms with Crippen molar-refractivity contribution in [2.45, 2.75) is 43.2 Å². The second-order valence-corrected chi connectivity index (χ2v) is 8.51. The van der Waals surface area contributed by atoms with Crippen molar-refractivity contribution in [3.8, 4) is 0 Å². The highest BCUT2D eigenvalue weighted by molar-refractivity contribution is 7.89. The third-order valence-corrected chi connectivity index (χ3v) is 6.57. The Labute approximate surface area is 146 Å². The molecule has 1 saturated carbocycles. The maximum Gasteiger partial charge on any atom is 0.371 e. The van der Waals surface area contributed by atoms with E-state index in [9.17, 15) is 18.0 Å². The normalized spacial score (nSPS) is 21.4. The van der Waals surface area contributed by atoms with E-state index in [1.54, 1.807) is 11.9 Å². The van der Waals surface area contributed by atoms with E-state index in [2.05, 4.69) is 0 Å². The number of carboxylic acids is 1. The van der Waals surface area contributed by atoms with Crippen LogP contribution in [0, 0.1) is 5.92 Å². The summed E-state index contributed by atoms with van der Waals surface area (Å²) in [6, 6.07) is 1.46. The Balaban J connectivity index is 1.74. The molecule has 0 aromatic carbocycles. The van der Waals surface area contributed by atoms with E-state index < -0.39 is 32.9 Å². The topological polar surface area (TPSA) is 108 Å². The van der Waals surface area contributed by atoms with E-state index in [4.69, 9.17) is 9.52 Å². The van der Waals surface area contributed by atoms with E-state index in [-0.39, 0.29) is 12.5 Å². The molecule has 1 aliphatic carbocycles. The number of nitrogens with zero attached hydrogens (tertiary/aromatic N) is 2. The first-order chi connectivity index (χ1) is 11.8. The molecule has 2 fully saturated rings. The lowest BCUT2D eigenvalue weighted by molar-refractivity contribution is -0.133. The fourth-order valence-corrected chi connectivity index (χ4v) is 4.68. The molecule has 1 N–H and O–H groups in total. The van der Waals surface area contributed by atoms with Gasteiger partial charge in [0.1, 0.15) is 6.04 Å². The van der Waals surface area contributed by atoms with E-state index in [0.29, 0.717) is 25.3 Å². The van der Waals surface area contributed by atoms with Crippen LogP contribution >= 0.6 is 0 Å². The van der Waals surface area contributed by atoms with Crippen molar-refractivity contribution in [2.24, 2.45) is 5.92 Å². The second-order valence-electron chi connectivity index (χ2n) is 6.69. The number of rotatable bonds is 7. The largest absolute Gasteiger partial charge is 0.475 e. The molecule has 2 aliphatic rings. The smallest absolute Gasteiger partial charge is 0.371 e. The van der Waals surface area contributed by atoms with E-state index in [0.717, 1.165) is 22.9 Å². The number of amides is 1. The summed E-state index contributed by atoms with van der Waals surface area (Å²) in [6.07, 6.45) is 4.39.